The summed E-state index contributed by atoms with van der Waals surface area (Å²) < 4.78 is 6.24. The quantitative estimate of drug-likeness (QED) is 0.916. The van der Waals surface area contributed by atoms with Gasteiger partial charge in [0.15, 0.2) is 0 Å². The van der Waals surface area contributed by atoms with E-state index in [0.717, 1.165) is 17.0 Å². The van der Waals surface area contributed by atoms with Crippen LogP contribution in [0.15, 0.2) is 15.5 Å². The lowest BCUT2D eigenvalue weighted by Gasteiger charge is -2.07. The standard InChI is InChI=1S/C11H13ClN4O2/c1-6-8(7(2)18-15-6)4-13-9-5-14-16(3)11(17)10(9)12/h5,13H,4H2,1-3H3. The number of nitrogens with one attached hydrogen (secondary N) is 1. The summed E-state index contributed by atoms with van der Waals surface area (Å²) >= 11 is 5.94. The van der Waals surface area contributed by atoms with E-state index in [-0.39, 0.29) is 10.6 Å². The fraction of sp³-hybridized carbons (Fsp3) is 0.364. The normalized spacial score (nSPS) is 10.7. The van der Waals surface area contributed by atoms with Crippen LogP contribution in [0, 0.1) is 13.8 Å². The lowest BCUT2D eigenvalue weighted by molar-refractivity contribution is 0.392. The SMILES string of the molecule is Cc1noc(C)c1CNc1cnn(C)c(=O)c1Cl. The fourth-order valence-corrected chi connectivity index (χ4v) is 1.81. The van der Waals surface area contributed by atoms with E-state index in [2.05, 4.69) is 15.6 Å². The molecule has 1 N–H and O–H groups in total. The molecule has 6 nitrogen and oxygen atoms in total. The third-order valence-corrected chi connectivity index (χ3v) is 3.08. The Morgan fingerprint density at radius 2 is 2.22 bits per heavy atom. The number of aryl methyl sites for hydroxylation is 3. The first kappa shape index (κ1) is 12.6. The van der Waals surface area contributed by atoms with Crippen LogP contribution in [0.3, 0.4) is 0 Å². The first-order valence-corrected chi connectivity index (χ1v) is 5.76. The zero-order chi connectivity index (χ0) is 13.3. The molecule has 0 aliphatic heterocycles. The molecule has 0 amide bonds. The minimum Gasteiger partial charge on any atom is -0.378 e. The molecule has 2 aromatic heterocycles. The van der Waals surface area contributed by atoms with Gasteiger partial charge in [-0.1, -0.05) is 16.8 Å². The molecule has 0 unspecified atom stereocenters. The van der Waals surface area contributed by atoms with Crippen molar-refractivity contribution in [1.29, 1.82) is 0 Å². The van der Waals surface area contributed by atoms with E-state index in [9.17, 15) is 4.79 Å². The van der Waals surface area contributed by atoms with Crippen molar-refractivity contribution >= 4 is 17.3 Å². The molecule has 0 aliphatic carbocycles. The number of halogens is 1. The Bertz CT molecular complexity index is 613. The van der Waals surface area contributed by atoms with E-state index < -0.39 is 0 Å². The Balaban J connectivity index is 2.22. The average Bonchev–Trinajstić information content (AvgIpc) is 2.66. The second-order valence-electron chi connectivity index (χ2n) is 3.96. The number of rotatable bonds is 3. The summed E-state index contributed by atoms with van der Waals surface area (Å²) in [4.78, 5) is 11.6. The summed E-state index contributed by atoms with van der Waals surface area (Å²) in [6.45, 7) is 4.17. The molecule has 0 saturated heterocycles. The van der Waals surface area contributed by atoms with Gasteiger partial charge in [0.2, 0.25) is 0 Å². The van der Waals surface area contributed by atoms with Gasteiger partial charge >= 0.3 is 0 Å². The second kappa shape index (κ2) is 4.81. The highest BCUT2D eigenvalue weighted by molar-refractivity contribution is 6.32. The zero-order valence-corrected chi connectivity index (χ0v) is 11.1. The molecule has 2 rings (SSSR count). The number of hydrogen-bond donors (Lipinski definition) is 1. The summed E-state index contributed by atoms with van der Waals surface area (Å²) in [5.74, 6) is 0.743. The van der Waals surface area contributed by atoms with Crippen LogP contribution in [-0.2, 0) is 13.6 Å². The van der Waals surface area contributed by atoms with Gasteiger partial charge in [-0.05, 0) is 13.8 Å². The molecule has 7 heteroatoms. The van der Waals surface area contributed by atoms with Crippen LogP contribution >= 0.6 is 11.6 Å². The molecule has 0 atom stereocenters. The van der Waals surface area contributed by atoms with Crippen molar-refractivity contribution in [2.75, 3.05) is 5.32 Å². The lowest BCUT2D eigenvalue weighted by atomic mass is 10.2. The van der Waals surface area contributed by atoms with Crippen molar-refractivity contribution in [3.8, 4) is 0 Å². The predicted molar refractivity (Wildman–Crippen MR) is 67.8 cm³/mol. The van der Waals surface area contributed by atoms with Crippen LogP contribution in [0.25, 0.3) is 0 Å². The summed E-state index contributed by atoms with van der Waals surface area (Å²) in [6.07, 6.45) is 1.52. The van der Waals surface area contributed by atoms with Gasteiger partial charge in [0.25, 0.3) is 5.56 Å². The van der Waals surface area contributed by atoms with Crippen LogP contribution < -0.4 is 10.9 Å². The molecular formula is C11H13ClN4O2. The molecule has 0 aliphatic rings. The maximum absolute atomic E-state index is 11.6. The van der Waals surface area contributed by atoms with E-state index in [0.29, 0.717) is 12.2 Å². The number of hydrogen-bond acceptors (Lipinski definition) is 5. The van der Waals surface area contributed by atoms with Gasteiger partial charge in [0.05, 0.1) is 17.6 Å². The van der Waals surface area contributed by atoms with Crippen LogP contribution in [0.4, 0.5) is 5.69 Å². The van der Waals surface area contributed by atoms with Gasteiger partial charge < -0.3 is 9.84 Å². The third kappa shape index (κ3) is 2.24. The molecule has 0 aromatic carbocycles. The highest BCUT2D eigenvalue weighted by Gasteiger charge is 2.11. The van der Waals surface area contributed by atoms with E-state index in [1.165, 1.54) is 10.9 Å². The molecule has 2 aromatic rings. The molecule has 0 radical (unpaired) electrons. The summed E-state index contributed by atoms with van der Waals surface area (Å²) in [7, 11) is 1.55. The van der Waals surface area contributed by atoms with Crippen LogP contribution in [0.1, 0.15) is 17.0 Å². The highest BCUT2D eigenvalue weighted by Crippen LogP contribution is 2.18. The lowest BCUT2D eigenvalue weighted by Crippen LogP contribution is -2.21. The van der Waals surface area contributed by atoms with Crippen molar-refractivity contribution in [1.82, 2.24) is 14.9 Å². The van der Waals surface area contributed by atoms with Gasteiger partial charge in [-0.25, -0.2) is 4.68 Å². The van der Waals surface area contributed by atoms with Crippen molar-refractivity contribution in [2.24, 2.45) is 7.05 Å². The van der Waals surface area contributed by atoms with Crippen LogP contribution in [0.5, 0.6) is 0 Å². The summed E-state index contributed by atoms with van der Waals surface area (Å²) in [5, 5.41) is 10.9. The summed E-state index contributed by atoms with van der Waals surface area (Å²) in [5.41, 5.74) is 1.93. The maximum Gasteiger partial charge on any atom is 0.287 e. The minimum absolute atomic E-state index is 0.124. The fourth-order valence-electron chi connectivity index (χ4n) is 1.57. The van der Waals surface area contributed by atoms with Crippen molar-refractivity contribution in [3.63, 3.8) is 0 Å². The average molecular weight is 269 g/mol. The van der Waals surface area contributed by atoms with Gasteiger partial charge in [-0.3, -0.25) is 4.79 Å². The highest BCUT2D eigenvalue weighted by atomic mass is 35.5. The first-order chi connectivity index (χ1) is 8.50. The van der Waals surface area contributed by atoms with Gasteiger partial charge in [-0.15, -0.1) is 0 Å². The molecule has 96 valence electrons. The molecule has 2 heterocycles. The number of anilines is 1. The Kier molecular flexibility index (Phi) is 3.38. The van der Waals surface area contributed by atoms with Crippen molar-refractivity contribution < 1.29 is 4.52 Å². The van der Waals surface area contributed by atoms with Gasteiger partial charge in [0, 0.05) is 19.2 Å². The Labute approximate surface area is 109 Å². The molecule has 0 fully saturated rings. The number of aromatic nitrogens is 3. The zero-order valence-electron chi connectivity index (χ0n) is 10.3. The predicted octanol–water partition coefficient (Wildman–Crippen LogP) is 1.65. The van der Waals surface area contributed by atoms with Crippen LogP contribution in [-0.4, -0.2) is 14.9 Å². The monoisotopic (exact) mass is 268 g/mol. The van der Waals surface area contributed by atoms with E-state index in [1.54, 1.807) is 7.05 Å². The molecular weight excluding hydrogens is 256 g/mol. The van der Waals surface area contributed by atoms with Crippen molar-refractivity contribution in [2.45, 2.75) is 20.4 Å². The Morgan fingerprint density at radius 3 is 2.83 bits per heavy atom. The number of nitrogens with zero attached hydrogens (tertiary/aromatic N) is 3. The van der Waals surface area contributed by atoms with E-state index >= 15 is 0 Å². The second-order valence-corrected chi connectivity index (χ2v) is 4.34. The molecule has 18 heavy (non-hydrogen) atoms. The summed E-state index contributed by atoms with van der Waals surface area (Å²) in [6, 6.07) is 0. The van der Waals surface area contributed by atoms with Crippen LogP contribution in [0.2, 0.25) is 5.02 Å². The van der Waals surface area contributed by atoms with E-state index in [4.69, 9.17) is 16.1 Å². The maximum atomic E-state index is 11.6. The van der Waals surface area contributed by atoms with Gasteiger partial charge in [0.1, 0.15) is 10.8 Å². The van der Waals surface area contributed by atoms with Gasteiger partial charge in [-0.2, -0.15) is 5.10 Å². The topological polar surface area (TPSA) is 73.0 Å². The minimum atomic E-state index is -0.333. The smallest absolute Gasteiger partial charge is 0.287 e. The first-order valence-electron chi connectivity index (χ1n) is 5.38. The van der Waals surface area contributed by atoms with E-state index in [1.807, 2.05) is 13.8 Å². The molecule has 0 spiro atoms. The molecule has 0 saturated carbocycles. The third-order valence-electron chi connectivity index (χ3n) is 2.72. The Hall–Kier alpha value is -1.82. The Morgan fingerprint density at radius 1 is 1.50 bits per heavy atom. The van der Waals surface area contributed by atoms with Crippen molar-refractivity contribution in [3.05, 3.63) is 38.6 Å². The largest absolute Gasteiger partial charge is 0.378 e. The molecule has 0 bridgehead atoms.